The second kappa shape index (κ2) is 8.57. The highest BCUT2D eigenvalue weighted by Gasteiger charge is 2.32. The number of carbonyl (C=O) groups is 1. The molecule has 0 aliphatic carbocycles. The fourth-order valence-electron chi connectivity index (χ4n) is 3.72. The van der Waals surface area contributed by atoms with E-state index in [0.29, 0.717) is 49.3 Å². The van der Waals surface area contributed by atoms with Gasteiger partial charge < -0.3 is 15.1 Å². The topological polar surface area (TPSA) is 98.0 Å². The highest BCUT2D eigenvalue weighted by molar-refractivity contribution is 5.79. The molecule has 0 saturated carbocycles. The highest BCUT2D eigenvalue weighted by atomic mass is 19.3. The second-order valence-corrected chi connectivity index (χ2v) is 7.47. The molecule has 1 atom stereocenters. The summed E-state index contributed by atoms with van der Waals surface area (Å²) in [6, 6.07) is 9.46. The van der Waals surface area contributed by atoms with Crippen molar-refractivity contribution in [2.24, 2.45) is 5.92 Å². The van der Waals surface area contributed by atoms with Crippen LogP contribution in [-0.4, -0.2) is 58.4 Å². The van der Waals surface area contributed by atoms with Gasteiger partial charge in [-0.05, 0) is 25.0 Å². The van der Waals surface area contributed by atoms with Gasteiger partial charge in [-0.1, -0.05) is 6.07 Å². The molecule has 2 aliphatic heterocycles. The van der Waals surface area contributed by atoms with Gasteiger partial charge in [0, 0.05) is 44.4 Å². The number of amides is 1. The van der Waals surface area contributed by atoms with Crippen LogP contribution in [0.15, 0.2) is 30.5 Å². The Bertz CT molecular complexity index is 944. The molecule has 8 nitrogen and oxygen atoms in total. The lowest BCUT2D eigenvalue weighted by Gasteiger charge is -2.36. The number of nitrogens with zero attached hydrogens (tertiary/aromatic N) is 6. The van der Waals surface area contributed by atoms with Gasteiger partial charge in [0.05, 0.1) is 17.7 Å². The molecule has 4 heterocycles. The summed E-state index contributed by atoms with van der Waals surface area (Å²) in [5, 5.41) is 12.2. The van der Waals surface area contributed by atoms with Gasteiger partial charge >= 0.3 is 6.43 Å². The van der Waals surface area contributed by atoms with Crippen molar-refractivity contribution in [2.75, 3.05) is 36.4 Å². The number of rotatable bonds is 5. The molecule has 1 N–H and O–H groups in total. The Hall–Kier alpha value is -3.35. The average molecular weight is 413 g/mol. The van der Waals surface area contributed by atoms with Gasteiger partial charge in [-0.2, -0.15) is 19.0 Å². The van der Waals surface area contributed by atoms with E-state index >= 15 is 0 Å². The van der Waals surface area contributed by atoms with Crippen LogP contribution in [0.2, 0.25) is 0 Å². The third-order valence-corrected chi connectivity index (χ3v) is 5.34. The van der Waals surface area contributed by atoms with Crippen LogP contribution in [-0.2, 0) is 4.79 Å². The molecule has 0 bridgehead atoms. The van der Waals surface area contributed by atoms with Gasteiger partial charge in [-0.3, -0.25) is 4.79 Å². The minimum atomic E-state index is -3.00. The summed E-state index contributed by atoms with van der Waals surface area (Å²) >= 11 is 0. The number of nitrogens with one attached hydrogen (secondary N) is 1. The number of halogens is 2. The number of pyridine rings is 1. The van der Waals surface area contributed by atoms with Crippen molar-refractivity contribution < 1.29 is 13.6 Å². The molecule has 2 aromatic heterocycles. The Morgan fingerprint density at radius 3 is 2.77 bits per heavy atom. The molecule has 4 rings (SSSR count). The van der Waals surface area contributed by atoms with E-state index in [4.69, 9.17) is 5.26 Å². The summed E-state index contributed by atoms with van der Waals surface area (Å²) in [7, 11) is 0. The van der Waals surface area contributed by atoms with Crippen molar-refractivity contribution >= 4 is 23.5 Å². The number of piperidine rings is 1. The van der Waals surface area contributed by atoms with Gasteiger partial charge in [0.1, 0.15) is 11.6 Å². The van der Waals surface area contributed by atoms with E-state index in [9.17, 15) is 13.6 Å². The summed E-state index contributed by atoms with van der Waals surface area (Å²) in [5.41, 5.74) is 0.686. The molecule has 1 amide bonds. The van der Waals surface area contributed by atoms with Crippen molar-refractivity contribution in [3.05, 3.63) is 36.2 Å². The van der Waals surface area contributed by atoms with Crippen LogP contribution < -0.4 is 10.2 Å². The average Bonchev–Trinajstić information content (AvgIpc) is 2.73. The first-order valence-corrected chi connectivity index (χ1v) is 9.82. The summed E-state index contributed by atoms with van der Waals surface area (Å²) in [5.74, 6) is 0.269. The van der Waals surface area contributed by atoms with Gasteiger partial charge in [-0.15, -0.1) is 0 Å². The number of nitriles is 1. The SMILES string of the molecule is N#CC1CN(c2nc(Nc3ccccn3)cc(C3CCCN(C(=O)C(F)F)C3)n2)C1. The summed E-state index contributed by atoms with van der Waals surface area (Å²) in [4.78, 5) is 28.3. The van der Waals surface area contributed by atoms with Crippen LogP contribution in [0.25, 0.3) is 0 Å². The fraction of sp³-hybridized carbons (Fsp3) is 0.450. The lowest BCUT2D eigenvalue weighted by atomic mass is 9.94. The predicted octanol–water partition coefficient (Wildman–Crippen LogP) is 2.55. The molecule has 2 fully saturated rings. The molecule has 2 aliphatic rings. The monoisotopic (exact) mass is 413 g/mol. The zero-order chi connectivity index (χ0) is 21.1. The number of hydrogen-bond acceptors (Lipinski definition) is 7. The molecule has 0 aromatic carbocycles. The summed E-state index contributed by atoms with van der Waals surface area (Å²) in [6.45, 7) is 1.61. The molecular weight excluding hydrogens is 392 g/mol. The quantitative estimate of drug-likeness (QED) is 0.804. The fourth-order valence-corrected chi connectivity index (χ4v) is 3.72. The smallest absolute Gasteiger partial charge is 0.315 e. The summed E-state index contributed by atoms with van der Waals surface area (Å²) < 4.78 is 25.8. The Labute approximate surface area is 172 Å². The first-order valence-electron chi connectivity index (χ1n) is 9.82. The van der Waals surface area contributed by atoms with Crippen molar-refractivity contribution in [1.82, 2.24) is 19.9 Å². The van der Waals surface area contributed by atoms with E-state index in [1.165, 1.54) is 4.90 Å². The van der Waals surface area contributed by atoms with E-state index in [1.807, 2.05) is 11.0 Å². The molecule has 0 radical (unpaired) electrons. The van der Waals surface area contributed by atoms with Crippen LogP contribution in [0.5, 0.6) is 0 Å². The van der Waals surface area contributed by atoms with Crippen molar-refractivity contribution in [3.8, 4) is 6.07 Å². The molecule has 1 unspecified atom stereocenters. The number of aromatic nitrogens is 3. The molecule has 2 saturated heterocycles. The molecular formula is C20H21F2N7O. The van der Waals surface area contributed by atoms with Gasteiger partial charge in [0.2, 0.25) is 5.95 Å². The number of likely N-dealkylation sites (tertiary alicyclic amines) is 1. The Morgan fingerprint density at radius 1 is 1.23 bits per heavy atom. The van der Waals surface area contributed by atoms with Gasteiger partial charge in [-0.25, -0.2) is 9.97 Å². The van der Waals surface area contributed by atoms with Crippen LogP contribution >= 0.6 is 0 Å². The normalized spacial score (nSPS) is 19.3. The minimum absolute atomic E-state index is 0.0571. The maximum Gasteiger partial charge on any atom is 0.315 e. The van der Waals surface area contributed by atoms with Crippen molar-refractivity contribution in [2.45, 2.75) is 25.2 Å². The molecule has 30 heavy (non-hydrogen) atoms. The highest BCUT2D eigenvalue weighted by Crippen LogP contribution is 2.31. The number of carbonyl (C=O) groups excluding carboxylic acids is 1. The standard InChI is InChI=1S/C20H21F2N7O/c21-18(22)19(30)28-7-3-4-14(12-28)15-8-17(26-16-5-1-2-6-24-16)27-20(25-15)29-10-13(9-23)11-29/h1-2,5-6,8,13-14,18H,3-4,7,10-12H2,(H,24,25,26,27). The van der Waals surface area contributed by atoms with Crippen molar-refractivity contribution in [3.63, 3.8) is 0 Å². The molecule has 10 heteroatoms. The molecule has 0 spiro atoms. The Morgan fingerprint density at radius 2 is 2.07 bits per heavy atom. The summed E-state index contributed by atoms with van der Waals surface area (Å²) in [6.07, 6.45) is 0.0294. The molecule has 2 aromatic rings. The van der Waals surface area contributed by atoms with Crippen LogP contribution in [0.4, 0.5) is 26.4 Å². The van der Waals surface area contributed by atoms with Crippen LogP contribution in [0, 0.1) is 17.2 Å². The largest absolute Gasteiger partial charge is 0.338 e. The number of alkyl halides is 2. The van der Waals surface area contributed by atoms with Crippen LogP contribution in [0.1, 0.15) is 24.5 Å². The van der Waals surface area contributed by atoms with E-state index < -0.39 is 12.3 Å². The zero-order valence-corrected chi connectivity index (χ0v) is 16.2. The van der Waals surface area contributed by atoms with E-state index in [-0.39, 0.29) is 18.4 Å². The van der Waals surface area contributed by atoms with E-state index in [1.54, 1.807) is 24.4 Å². The lowest BCUT2D eigenvalue weighted by Crippen LogP contribution is -2.47. The number of hydrogen-bond donors (Lipinski definition) is 1. The minimum Gasteiger partial charge on any atom is -0.338 e. The maximum atomic E-state index is 12.9. The van der Waals surface area contributed by atoms with Crippen molar-refractivity contribution in [1.29, 1.82) is 5.26 Å². The van der Waals surface area contributed by atoms with E-state index in [2.05, 4.69) is 26.3 Å². The van der Waals surface area contributed by atoms with E-state index in [0.717, 1.165) is 6.42 Å². The second-order valence-electron chi connectivity index (χ2n) is 7.47. The maximum absolute atomic E-state index is 12.9. The molecule has 156 valence electrons. The third kappa shape index (κ3) is 4.30. The Balaban J connectivity index is 1.60. The number of anilines is 3. The zero-order valence-electron chi connectivity index (χ0n) is 16.2. The lowest BCUT2D eigenvalue weighted by molar-refractivity contribution is -0.144. The predicted molar refractivity (Wildman–Crippen MR) is 105 cm³/mol. The van der Waals surface area contributed by atoms with Gasteiger partial charge in [0.15, 0.2) is 0 Å². The van der Waals surface area contributed by atoms with Gasteiger partial charge in [0.25, 0.3) is 5.91 Å². The first-order chi connectivity index (χ1) is 14.5. The Kier molecular flexibility index (Phi) is 5.70. The van der Waals surface area contributed by atoms with Crippen LogP contribution in [0.3, 0.4) is 0 Å². The first kappa shape index (κ1) is 19.9. The third-order valence-electron chi connectivity index (χ3n) is 5.34.